The molecule has 29 heavy (non-hydrogen) atoms. The molecule has 2 aliphatic rings. The quantitative estimate of drug-likeness (QED) is 0.667. The zero-order chi connectivity index (χ0) is 21.0. The normalized spacial score (nSPS) is 20.0. The lowest BCUT2D eigenvalue weighted by Crippen LogP contribution is -2.54. The zero-order valence-corrected chi connectivity index (χ0v) is 17.9. The summed E-state index contributed by atoms with van der Waals surface area (Å²) < 4.78 is 51.0. The van der Waals surface area contributed by atoms with Gasteiger partial charge in [-0.2, -0.15) is 4.31 Å². The van der Waals surface area contributed by atoms with Crippen LogP contribution in [0.15, 0.2) is 23.1 Å². The Bertz CT molecular complexity index is 824. The van der Waals surface area contributed by atoms with Gasteiger partial charge in [0.1, 0.15) is 12.4 Å². The van der Waals surface area contributed by atoms with Gasteiger partial charge in [-0.25, -0.2) is 12.8 Å². The van der Waals surface area contributed by atoms with Crippen LogP contribution in [0.3, 0.4) is 0 Å². The highest BCUT2D eigenvalue weighted by Gasteiger charge is 2.36. The standard InChI is InChI=1S/C19H26ClFN2O5S/c1-27-13-19(24)23(15-6-10-28-11-7-15)14-4-8-22(9-5-14)29(25,26)16-2-3-18(21)17(20)12-16/h2-3,12,14-15H,4-11,13H2,1H3. The molecule has 0 radical (unpaired) electrons. The molecule has 0 bridgehead atoms. The van der Waals surface area contributed by atoms with Gasteiger partial charge in [0.05, 0.1) is 9.92 Å². The van der Waals surface area contributed by atoms with Crippen LogP contribution < -0.4 is 0 Å². The van der Waals surface area contributed by atoms with Crippen molar-refractivity contribution in [2.45, 2.75) is 42.7 Å². The van der Waals surface area contributed by atoms with Gasteiger partial charge in [0.15, 0.2) is 0 Å². The highest BCUT2D eigenvalue weighted by atomic mass is 35.5. The lowest BCUT2D eigenvalue weighted by Gasteiger charge is -2.43. The molecule has 2 fully saturated rings. The van der Waals surface area contributed by atoms with Crippen LogP contribution in [0.2, 0.25) is 5.02 Å². The number of carbonyl (C=O) groups is 1. The molecule has 1 aromatic carbocycles. The molecule has 162 valence electrons. The summed E-state index contributed by atoms with van der Waals surface area (Å²) in [6.07, 6.45) is 2.59. The molecule has 0 N–H and O–H groups in total. The van der Waals surface area contributed by atoms with E-state index >= 15 is 0 Å². The Morgan fingerprint density at radius 2 is 1.86 bits per heavy atom. The number of methoxy groups -OCH3 is 1. The summed E-state index contributed by atoms with van der Waals surface area (Å²) in [5.41, 5.74) is 0. The smallest absolute Gasteiger partial charge is 0.249 e. The zero-order valence-electron chi connectivity index (χ0n) is 16.4. The van der Waals surface area contributed by atoms with E-state index in [1.54, 1.807) is 0 Å². The minimum atomic E-state index is -3.77. The number of amides is 1. The predicted octanol–water partition coefficient (Wildman–Crippen LogP) is 2.29. The number of sulfonamides is 1. The fourth-order valence-electron chi connectivity index (χ4n) is 4.01. The molecule has 7 nitrogen and oxygen atoms in total. The molecule has 0 unspecified atom stereocenters. The van der Waals surface area contributed by atoms with E-state index in [-0.39, 0.29) is 47.6 Å². The fourth-order valence-corrected chi connectivity index (χ4v) is 5.76. The van der Waals surface area contributed by atoms with Crippen molar-refractivity contribution >= 4 is 27.5 Å². The summed E-state index contributed by atoms with van der Waals surface area (Å²) in [5.74, 6) is -0.737. The lowest BCUT2D eigenvalue weighted by atomic mass is 9.98. The summed E-state index contributed by atoms with van der Waals surface area (Å²) in [5, 5.41) is -0.225. The van der Waals surface area contributed by atoms with Gasteiger partial charge in [-0.15, -0.1) is 0 Å². The average Bonchev–Trinajstić information content (AvgIpc) is 2.71. The first-order valence-corrected chi connectivity index (χ1v) is 11.5. The highest BCUT2D eigenvalue weighted by molar-refractivity contribution is 7.89. The molecule has 0 atom stereocenters. The molecular formula is C19H26ClFN2O5S. The molecule has 1 amide bonds. The summed E-state index contributed by atoms with van der Waals surface area (Å²) >= 11 is 5.75. The number of benzene rings is 1. The number of piperidine rings is 1. The fraction of sp³-hybridized carbons (Fsp3) is 0.632. The van der Waals surface area contributed by atoms with Crippen molar-refractivity contribution in [1.82, 2.24) is 9.21 Å². The van der Waals surface area contributed by atoms with Gasteiger partial charge >= 0.3 is 0 Å². The Kier molecular flexibility index (Phi) is 7.50. The van der Waals surface area contributed by atoms with Crippen LogP contribution in [0.25, 0.3) is 0 Å². The number of rotatable bonds is 6. The maximum atomic E-state index is 13.4. The molecule has 0 saturated carbocycles. The molecule has 2 heterocycles. The Morgan fingerprint density at radius 3 is 2.45 bits per heavy atom. The number of hydrogen-bond acceptors (Lipinski definition) is 5. The van der Waals surface area contributed by atoms with E-state index in [2.05, 4.69) is 0 Å². The molecule has 0 spiro atoms. The lowest BCUT2D eigenvalue weighted by molar-refractivity contribution is -0.143. The van der Waals surface area contributed by atoms with Crippen LogP contribution in [-0.2, 0) is 24.3 Å². The van der Waals surface area contributed by atoms with E-state index in [9.17, 15) is 17.6 Å². The van der Waals surface area contributed by atoms with Crippen molar-refractivity contribution in [3.63, 3.8) is 0 Å². The maximum Gasteiger partial charge on any atom is 0.249 e. The van der Waals surface area contributed by atoms with E-state index in [1.165, 1.54) is 17.5 Å². The van der Waals surface area contributed by atoms with Crippen molar-refractivity contribution in [3.05, 3.63) is 29.0 Å². The van der Waals surface area contributed by atoms with E-state index in [1.807, 2.05) is 4.90 Å². The third-order valence-corrected chi connectivity index (χ3v) is 7.67. The first kappa shape index (κ1) is 22.4. The highest BCUT2D eigenvalue weighted by Crippen LogP contribution is 2.28. The largest absolute Gasteiger partial charge is 0.381 e. The monoisotopic (exact) mass is 448 g/mol. The van der Waals surface area contributed by atoms with Gasteiger partial charge in [0.25, 0.3) is 0 Å². The van der Waals surface area contributed by atoms with Crippen LogP contribution in [0.5, 0.6) is 0 Å². The molecule has 1 aromatic rings. The summed E-state index contributed by atoms with van der Waals surface area (Å²) in [7, 11) is -2.28. The first-order valence-electron chi connectivity index (χ1n) is 9.67. The predicted molar refractivity (Wildman–Crippen MR) is 106 cm³/mol. The number of halogens is 2. The second-order valence-electron chi connectivity index (χ2n) is 7.29. The van der Waals surface area contributed by atoms with Crippen molar-refractivity contribution in [2.75, 3.05) is 40.0 Å². The average molecular weight is 449 g/mol. The SMILES string of the molecule is COCC(=O)N(C1CCOCC1)C1CCN(S(=O)(=O)c2ccc(F)c(Cl)c2)CC1. The summed E-state index contributed by atoms with van der Waals surface area (Å²) in [4.78, 5) is 14.5. The van der Waals surface area contributed by atoms with Crippen molar-refractivity contribution in [3.8, 4) is 0 Å². The minimum absolute atomic E-state index is 0.00392. The first-order chi connectivity index (χ1) is 13.8. The maximum absolute atomic E-state index is 13.4. The van der Waals surface area contributed by atoms with Gasteiger partial charge in [0, 0.05) is 45.5 Å². The molecule has 0 aromatic heterocycles. The topological polar surface area (TPSA) is 76.2 Å². The van der Waals surface area contributed by atoms with Gasteiger partial charge in [0.2, 0.25) is 15.9 Å². The van der Waals surface area contributed by atoms with Crippen molar-refractivity contribution < 1.29 is 27.1 Å². The second kappa shape index (κ2) is 9.70. The van der Waals surface area contributed by atoms with Crippen LogP contribution in [0.4, 0.5) is 4.39 Å². The van der Waals surface area contributed by atoms with Gasteiger partial charge < -0.3 is 14.4 Å². The Hall–Kier alpha value is -1.26. The second-order valence-corrected chi connectivity index (χ2v) is 9.63. The minimum Gasteiger partial charge on any atom is -0.381 e. The number of hydrogen-bond donors (Lipinski definition) is 0. The van der Waals surface area contributed by atoms with E-state index in [4.69, 9.17) is 21.1 Å². The molecule has 2 aliphatic heterocycles. The van der Waals surface area contributed by atoms with Crippen LogP contribution in [-0.4, -0.2) is 75.6 Å². The third kappa shape index (κ3) is 5.08. The summed E-state index contributed by atoms with van der Waals surface area (Å²) in [6.45, 7) is 1.79. The Labute approximate surface area is 175 Å². The van der Waals surface area contributed by atoms with Crippen molar-refractivity contribution in [1.29, 1.82) is 0 Å². The Balaban J connectivity index is 1.71. The van der Waals surface area contributed by atoms with E-state index in [0.717, 1.165) is 25.0 Å². The number of nitrogens with zero attached hydrogens (tertiary/aromatic N) is 2. The third-order valence-electron chi connectivity index (χ3n) is 5.49. The van der Waals surface area contributed by atoms with Gasteiger partial charge in [-0.3, -0.25) is 4.79 Å². The van der Waals surface area contributed by atoms with Gasteiger partial charge in [-0.1, -0.05) is 11.6 Å². The molecule has 10 heteroatoms. The molecule has 2 saturated heterocycles. The summed E-state index contributed by atoms with van der Waals surface area (Å²) in [6, 6.07) is 3.44. The number of ether oxygens (including phenoxy) is 2. The van der Waals surface area contributed by atoms with Crippen LogP contribution >= 0.6 is 11.6 Å². The van der Waals surface area contributed by atoms with Crippen LogP contribution in [0.1, 0.15) is 25.7 Å². The van der Waals surface area contributed by atoms with Gasteiger partial charge in [-0.05, 0) is 43.9 Å². The molecule has 0 aliphatic carbocycles. The van der Waals surface area contributed by atoms with E-state index < -0.39 is 15.8 Å². The molecule has 3 rings (SSSR count). The number of carbonyl (C=O) groups excluding carboxylic acids is 1. The van der Waals surface area contributed by atoms with Crippen molar-refractivity contribution in [2.24, 2.45) is 0 Å². The molecular weight excluding hydrogens is 423 g/mol. The van der Waals surface area contributed by atoms with Crippen LogP contribution in [0, 0.1) is 5.82 Å². The Morgan fingerprint density at radius 1 is 1.24 bits per heavy atom. The van der Waals surface area contributed by atoms with E-state index in [0.29, 0.717) is 26.1 Å².